The zero-order chi connectivity index (χ0) is 48.6. The second-order valence-corrected chi connectivity index (χ2v) is 23.0. The van der Waals surface area contributed by atoms with E-state index in [1.165, 1.54) is 39.3 Å². The molecule has 0 unspecified atom stereocenters. The number of hydrogen-bond donors (Lipinski definition) is 0. The Kier molecular flexibility index (Phi) is 11.1. The number of para-hydroxylation sites is 3. The van der Waals surface area contributed by atoms with Gasteiger partial charge in [0.2, 0.25) is 0 Å². The Morgan fingerprint density at radius 2 is 0.942 bits per heavy atom. The van der Waals surface area contributed by atoms with Crippen molar-refractivity contribution in [3.63, 3.8) is 0 Å². The molecule has 0 bridgehead atoms. The van der Waals surface area contributed by atoms with Crippen molar-refractivity contribution in [3.05, 3.63) is 193 Å². The Morgan fingerprint density at radius 1 is 0.391 bits per heavy atom. The largest absolute Gasteiger partial charge is 0.321 e. The topological polar surface area (TPSA) is 38.7 Å². The van der Waals surface area contributed by atoms with Crippen LogP contribution in [0.1, 0.15) is 105 Å². The average molecular weight is 907 g/mol. The van der Waals surface area contributed by atoms with E-state index in [0.717, 1.165) is 62.2 Å². The molecule has 8 aromatic rings. The second-order valence-electron chi connectivity index (χ2n) is 23.0. The smallest absolute Gasteiger partial charge is 0.137 e. The van der Waals surface area contributed by atoms with Gasteiger partial charge in [0, 0.05) is 58.2 Å². The molecule has 0 saturated carbocycles. The maximum Gasteiger partial charge on any atom is 0.137 e. The minimum Gasteiger partial charge on any atom is -0.321 e. The molecule has 0 radical (unpaired) electrons. The molecular weight excluding hydrogens is 841 g/mol. The van der Waals surface area contributed by atoms with Crippen molar-refractivity contribution >= 4 is 57.0 Å². The summed E-state index contributed by atoms with van der Waals surface area (Å²) in [6.45, 7) is 28.3. The fourth-order valence-electron chi connectivity index (χ4n) is 9.82. The van der Waals surface area contributed by atoms with E-state index in [9.17, 15) is 0 Å². The van der Waals surface area contributed by atoms with Crippen molar-refractivity contribution in [2.45, 2.75) is 105 Å². The van der Waals surface area contributed by atoms with E-state index in [1.54, 1.807) is 0 Å². The number of rotatable bonds is 6. The summed E-state index contributed by atoms with van der Waals surface area (Å²) in [5.74, 6) is 0.865. The van der Waals surface area contributed by atoms with Crippen LogP contribution in [-0.4, -0.2) is 16.6 Å². The third kappa shape index (κ3) is 8.56. The van der Waals surface area contributed by atoms with Gasteiger partial charge in [-0.05, 0) is 140 Å². The Morgan fingerprint density at radius 3 is 1.55 bits per heavy atom. The number of aromatic nitrogens is 2. The van der Waals surface area contributed by atoms with Crippen LogP contribution in [0.25, 0.3) is 22.3 Å². The van der Waals surface area contributed by atoms with E-state index in [0.29, 0.717) is 6.67 Å². The van der Waals surface area contributed by atoms with Gasteiger partial charge in [0.05, 0.1) is 22.7 Å². The molecule has 0 amide bonds. The summed E-state index contributed by atoms with van der Waals surface area (Å²) in [6.07, 6.45) is 5.85. The van der Waals surface area contributed by atoms with Crippen LogP contribution in [0.4, 0.5) is 57.0 Å². The molecule has 2 aromatic heterocycles. The Hall–Kier alpha value is -7.18. The van der Waals surface area contributed by atoms with E-state index >= 15 is 0 Å². The van der Waals surface area contributed by atoms with Gasteiger partial charge in [-0.1, -0.05) is 150 Å². The molecule has 6 aromatic carbocycles. The van der Waals surface area contributed by atoms with E-state index in [2.05, 4.69) is 259 Å². The highest BCUT2D eigenvalue weighted by molar-refractivity contribution is 6.03. The molecule has 0 spiro atoms. The van der Waals surface area contributed by atoms with E-state index in [-0.39, 0.29) is 21.7 Å². The molecule has 348 valence electrons. The summed E-state index contributed by atoms with van der Waals surface area (Å²) >= 11 is 0. The van der Waals surface area contributed by atoms with E-state index in [1.807, 2.05) is 18.6 Å². The van der Waals surface area contributed by atoms with Crippen LogP contribution in [0.2, 0.25) is 0 Å². The molecule has 0 atom stereocenters. The maximum absolute atomic E-state index is 5.13. The molecular formula is C63H66N6. The van der Waals surface area contributed by atoms with Gasteiger partial charge in [0.15, 0.2) is 0 Å². The summed E-state index contributed by atoms with van der Waals surface area (Å²) in [5, 5.41) is 0. The highest BCUT2D eigenvalue weighted by Crippen LogP contribution is 2.53. The molecule has 0 fully saturated rings. The lowest BCUT2D eigenvalue weighted by atomic mass is 9.80. The highest BCUT2D eigenvalue weighted by atomic mass is 15.4. The van der Waals surface area contributed by atoms with Crippen LogP contribution in [0.3, 0.4) is 0 Å². The summed E-state index contributed by atoms with van der Waals surface area (Å²) in [4.78, 5) is 19.6. The van der Waals surface area contributed by atoms with Gasteiger partial charge in [0.1, 0.15) is 12.5 Å². The van der Waals surface area contributed by atoms with Crippen LogP contribution >= 0.6 is 0 Å². The third-order valence-electron chi connectivity index (χ3n) is 13.9. The van der Waals surface area contributed by atoms with Crippen LogP contribution < -0.4 is 19.6 Å². The van der Waals surface area contributed by atoms with Gasteiger partial charge >= 0.3 is 0 Å². The minimum atomic E-state index is -0.148. The van der Waals surface area contributed by atoms with Crippen molar-refractivity contribution in [3.8, 4) is 22.3 Å². The van der Waals surface area contributed by atoms with Crippen LogP contribution in [0, 0.1) is 0 Å². The molecule has 10 rings (SSSR count). The number of anilines is 10. The number of pyridine rings is 2. The first-order chi connectivity index (χ1) is 32.7. The SMILES string of the molecule is CC(C)(C)c1cc(N2CN(c3cc(C(C)(C)C)cc(C(C)(C)C)c3)c3ccccc32)cc(N(c2ccccc2)c2ccc3c(c2)N(c2cc(C(C)(C)C)ccn2)c2ccncc2-c2ccccc2-3)c1. The van der Waals surface area contributed by atoms with Gasteiger partial charge in [-0.3, -0.25) is 9.88 Å². The lowest BCUT2D eigenvalue weighted by molar-refractivity contribution is 0.568. The van der Waals surface area contributed by atoms with Gasteiger partial charge in [-0.15, -0.1) is 0 Å². The Bertz CT molecular complexity index is 3180. The third-order valence-corrected chi connectivity index (χ3v) is 13.9. The Balaban J connectivity index is 1.17. The fraction of sp³-hybridized carbons (Fsp3) is 0.270. The highest BCUT2D eigenvalue weighted by Gasteiger charge is 2.33. The molecule has 6 heteroatoms. The van der Waals surface area contributed by atoms with E-state index in [4.69, 9.17) is 4.98 Å². The molecule has 69 heavy (non-hydrogen) atoms. The monoisotopic (exact) mass is 907 g/mol. The molecule has 0 aliphatic carbocycles. The molecule has 0 saturated heterocycles. The first kappa shape index (κ1) is 45.6. The normalized spacial score (nSPS) is 13.7. The molecule has 2 aliphatic rings. The molecule has 2 aliphatic heterocycles. The lowest BCUT2D eigenvalue weighted by Crippen LogP contribution is -2.26. The van der Waals surface area contributed by atoms with E-state index < -0.39 is 0 Å². The van der Waals surface area contributed by atoms with Crippen molar-refractivity contribution in [2.24, 2.45) is 0 Å². The average Bonchev–Trinajstić information content (AvgIpc) is 3.66. The predicted molar refractivity (Wildman–Crippen MR) is 293 cm³/mol. The van der Waals surface area contributed by atoms with Crippen LogP contribution in [-0.2, 0) is 21.7 Å². The van der Waals surface area contributed by atoms with Crippen LogP contribution in [0.5, 0.6) is 0 Å². The van der Waals surface area contributed by atoms with Gasteiger partial charge in [-0.25, -0.2) is 4.98 Å². The van der Waals surface area contributed by atoms with Crippen molar-refractivity contribution in [2.75, 3.05) is 26.3 Å². The van der Waals surface area contributed by atoms with Crippen LogP contribution in [0.15, 0.2) is 170 Å². The second kappa shape index (κ2) is 16.8. The standard InChI is InChI=1S/C63H66N6/c1-60(2,3)42-28-31-65-59(37-42)69-55-29-30-64-40-54(55)52-23-17-16-22-51(52)53-27-26-47(39-58(53)69)68(46-20-14-13-15-21-46)50-36-45(63(10,11)12)35-49(38-50)67-41-66(56-24-18-19-25-57(56)67)48-33-43(61(4,5)6)32-44(34-48)62(7,8)9/h13-40H,41H2,1-12H3. The Labute approximate surface area is 411 Å². The number of hydrogen-bond acceptors (Lipinski definition) is 6. The van der Waals surface area contributed by atoms with Gasteiger partial charge < -0.3 is 14.7 Å². The number of nitrogens with zero attached hydrogens (tertiary/aromatic N) is 6. The minimum absolute atomic E-state index is 0.00439. The number of fused-ring (bicyclic) bond motifs is 6. The molecule has 4 heterocycles. The predicted octanol–water partition coefficient (Wildman–Crippen LogP) is 17.5. The summed E-state index contributed by atoms with van der Waals surface area (Å²) in [5.41, 5.74) is 19.5. The first-order valence-corrected chi connectivity index (χ1v) is 24.5. The number of benzene rings is 6. The summed E-state index contributed by atoms with van der Waals surface area (Å²) in [6, 6.07) is 56.4. The summed E-state index contributed by atoms with van der Waals surface area (Å²) in [7, 11) is 0. The van der Waals surface area contributed by atoms with Crippen molar-refractivity contribution < 1.29 is 0 Å². The molecule has 0 N–H and O–H groups in total. The maximum atomic E-state index is 5.13. The first-order valence-electron chi connectivity index (χ1n) is 24.5. The zero-order valence-corrected chi connectivity index (χ0v) is 42.6. The lowest BCUT2D eigenvalue weighted by Gasteiger charge is -2.32. The van der Waals surface area contributed by atoms with Crippen molar-refractivity contribution in [1.82, 2.24) is 9.97 Å². The van der Waals surface area contributed by atoms with Crippen molar-refractivity contribution in [1.29, 1.82) is 0 Å². The molecule has 6 nitrogen and oxygen atoms in total. The zero-order valence-electron chi connectivity index (χ0n) is 42.6. The summed E-state index contributed by atoms with van der Waals surface area (Å²) < 4.78 is 0. The quantitative estimate of drug-likeness (QED) is 0.166. The fourth-order valence-corrected chi connectivity index (χ4v) is 9.82. The van der Waals surface area contributed by atoms with Gasteiger partial charge in [0.25, 0.3) is 0 Å². The van der Waals surface area contributed by atoms with Gasteiger partial charge in [-0.2, -0.15) is 0 Å².